The maximum absolute atomic E-state index is 11.7. The van der Waals surface area contributed by atoms with E-state index in [0.29, 0.717) is 18.7 Å². The number of aliphatic hydroxyl groups is 1. The Hall–Kier alpha value is -1.90. The lowest BCUT2D eigenvalue weighted by Crippen LogP contribution is -2.28. The van der Waals surface area contributed by atoms with Gasteiger partial charge in [0, 0.05) is 19.9 Å². The van der Waals surface area contributed by atoms with E-state index in [1.807, 2.05) is 0 Å². The quantitative estimate of drug-likeness (QED) is 0.559. The predicted molar refractivity (Wildman–Crippen MR) is 62.4 cm³/mol. The molecular weight excluding hydrogens is 220 g/mol. The van der Waals surface area contributed by atoms with Gasteiger partial charge in [-0.05, 0) is 12.1 Å². The minimum atomic E-state index is -0.301. The number of hydrogen-bond donors (Lipinski definition) is 2. The zero-order chi connectivity index (χ0) is 12.5. The van der Waals surface area contributed by atoms with Gasteiger partial charge in [-0.25, -0.2) is 4.98 Å². The minimum Gasteiger partial charge on any atom is -0.384 e. The first-order valence-corrected chi connectivity index (χ1v) is 5.11. The largest absolute Gasteiger partial charge is 0.384 e. The van der Waals surface area contributed by atoms with E-state index in [1.54, 1.807) is 19.2 Å². The Balaban J connectivity index is 2.78. The fraction of sp³-hybridized carbons (Fsp3) is 0.333. The second kappa shape index (κ2) is 7.39. The summed E-state index contributed by atoms with van der Waals surface area (Å²) in [6.45, 7) is 0.606. The molecule has 0 fully saturated rings. The van der Waals surface area contributed by atoms with Crippen LogP contribution in [0.3, 0.4) is 0 Å². The van der Waals surface area contributed by atoms with E-state index in [0.717, 1.165) is 0 Å². The molecule has 1 aromatic heterocycles. The highest BCUT2D eigenvalue weighted by molar-refractivity contribution is 5.94. The summed E-state index contributed by atoms with van der Waals surface area (Å²) in [5.41, 5.74) is 0.751. The smallest absolute Gasteiger partial charge is 0.271 e. The Morgan fingerprint density at radius 1 is 1.65 bits per heavy atom. The van der Waals surface area contributed by atoms with Crippen LogP contribution in [0.2, 0.25) is 0 Å². The van der Waals surface area contributed by atoms with E-state index in [2.05, 4.69) is 22.1 Å². The molecule has 0 saturated carbocycles. The number of aliphatic hydroxyl groups excluding tert-OH is 1. The molecule has 0 saturated heterocycles. The Labute approximate surface area is 99.8 Å². The number of methoxy groups -OCH3 is 1. The molecule has 5 nitrogen and oxygen atoms in total. The summed E-state index contributed by atoms with van der Waals surface area (Å²) in [6.07, 6.45) is 1.52. The highest BCUT2D eigenvalue weighted by Crippen LogP contribution is 2.03. The van der Waals surface area contributed by atoms with Gasteiger partial charge in [-0.15, -0.1) is 0 Å². The van der Waals surface area contributed by atoms with Gasteiger partial charge >= 0.3 is 0 Å². The fourth-order valence-electron chi connectivity index (χ4n) is 1.17. The van der Waals surface area contributed by atoms with Gasteiger partial charge in [0.05, 0.1) is 12.2 Å². The lowest BCUT2D eigenvalue weighted by Gasteiger charge is -2.05. The lowest BCUT2D eigenvalue weighted by molar-refractivity contribution is 0.0932. The van der Waals surface area contributed by atoms with Gasteiger partial charge in [-0.2, -0.15) is 0 Å². The van der Waals surface area contributed by atoms with Crippen molar-refractivity contribution in [2.75, 3.05) is 26.9 Å². The molecule has 0 aliphatic heterocycles. The van der Waals surface area contributed by atoms with Crippen molar-refractivity contribution in [3.8, 4) is 11.8 Å². The monoisotopic (exact) mass is 234 g/mol. The van der Waals surface area contributed by atoms with Crippen molar-refractivity contribution in [3.63, 3.8) is 0 Å². The molecule has 0 unspecified atom stereocenters. The average molecular weight is 234 g/mol. The van der Waals surface area contributed by atoms with Crippen LogP contribution in [0, 0.1) is 11.8 Å². The highest BCUT2D eigenvalue weighted by Gasteiger charge is 2.10. The third-order valence-corrected chi connectivity index (χ3v) is 1.92. The zero-order valence-electron chi connectivity index (χ0n) is 9.56. The first-order chi connectivity index (χ1) is 8.29. The van der Waals surface area contributed by atoms with Gasteiger partial charge in [-0.3, -0.25) is 4.79 Å². The molecule has 1 rings (SSSR count). The predicted octanol–water partition coefficient (Wildman–Crippen LogP) is -0.198. The van der Waals surface area contributed by atoms with Crippen molar-refractivity contribution in [1.82, 2.24) is 10.3 Å². The van der Waals surface area contributed by atoms with Crippen molar-refractivity contribution in [3.05, 3.63) is 29.6 Å². The van der Waals surface area contributed by atoms with Crippen molar-refractivity contribution in [1.29, 1.82) is 0 Å². The summed E-state index contributed by atoms with van der Waals surface area (Å²) in [5.74, 6) is 4.87. The Morgan fingerprint density at radius 2 is 2.47 bits per heavy atom. The normalized spacial score (nSPS) is 9.29. The topological polar surface area (TPSA) is 71.5 Å². The van der Waals surface area contributed by atoms with Gasteiger partial charge < -0.3 is 15.2 Å². The maximum Gasteiger partial charge on any atom is 0.271 e. The number of aromatic nitrogens is 1. The van der Waals surface area contributed by atoms with Crippen LogP contribution >= 0.6 is 0 Å². The summed E-state index contributed by atoms with van der Waals surface area (Å²) in [5, 5.41) is 11.3. The molecule has 1 heterocycles. The number of hydrogen-bond acceptors (Lipinski definition) is 4. The number of pyridine rings is 1. The number of rotatable bonds is 4. The molecule has 0 spiro atoms. The second-order valence-corrected chi connectivity index (χ2v) is 3.11. The van der Waals surface area contributed by atoms with E-state index in [-0.39, 0.29) is 18.2 Å². The number of nitrogens with one attached hydrogen (secondary N) is 1. The molecule has 1 aromatic rings. The summed E-state index contributed by atoms with van der Waals surface area (Å²) >= 11 is 0. The Morgan fingerprint density at radius 3 is 3.18 bits per heavy atom. The van der Waals surface area contributed by atoms with Gasteiger partial charge in [-0.1, -0.05) is 11.8 Å². The van der Waals surface area contributed by atoms with Crippen molar-refractivity contribution in [2.45, 2.75) is 0 Å². The van der Waals surface area contributed by atoms with E-state index in [1.165, 1.54) is 6.20 Å². The van der Waals surface area contributed by atoms with Crippen molar-refractivity contribution >= 4 is 5.91 Å². The molecular formula is C12H14N2O3. The third-order valence-electron chi connectivity index (χ3n) is 1.92. The fourth-order valence-corrected chi connectivity index (χ4v) is 1.17. The number of carbonyl (C=O) groups excluding carboxylic acids is 1. The molecule has 5 heteroatoms. The number of carbonyl (C=O) groups is 1. The Kier molecular flexibility index (Phi) is 5.72. The van der Waals surface area contributed by atoms with Crippen molar-refractivity contribution in [2.24, 2.45) is 0 Å². The first kappa shape index (κ1) is 13.2. The number of amides is 1. The highest BCUT2D eigenvalue weighted by atomic mass is 16.5. The number of ether oxygens (including phenoxy) is 1. The van der Waals surface area contributed by atoms with E-state index in [4.69, 9.17) is 9.84 Å². The van der Waals surface area contributed by atoms with Crippen LogP contribution < -0.4 is 5.32 Å². The molecule has 2 N–H and O–H groups in total. The van der Waals surface area contributed by atoms with Gasteiger partial charge in [0.25, 0.3) is 5.91 Å². The van der Waals surface area contributed by atoms with Crippen LogP contribution in [-0.4, -0.2) is 42.9 Å². The standard InChI is InChI=1S/C12H14N2O3/c1-17-9-7-14-12(16)11-10(5-3-8-15)4-2-6-13-11/h2,4,6,15H,7-9H2,1H3,(H,14,16). The summed E-state index contributed by atoms with van der Waals surface area (Å²) in [6, 6.07) is 3.37. The first-order valence-electron chi connectivity index (χ1n) is 5.11. The summed E-state index contributed by atoms with van der Waals surface area (Å²) in [7, 11) is 1.56. The van der Waals surface area contributed by atoms with E-state index >= 15 is 0 Å². The van der Waals surface area contributed by atoms with Gasteiger partial charge in [0.1, 0.15) is 12.3 Å². The van der Waals surface area contributed by atoms with Crippen LogP contribution in [0.5, 0.6) is 0 Å². The summed E-state index contributed by atoms with van der Waals surface area (Å²) in [4.78, 5) is 15.7. The SMILES string of the molecule is COCCNC(=O)c1ncccc1C#CCO. The van der Waals surface area contributed by atoms with Crippen LogP contribution in [-0.2, 0) is 4.74 Å². The molecule has 0 aliphatic carbocycles. The van der Waals surface area contributed by atoms with E-state index in [9.17, 15) is 4.79 Å². The summed E-state index contributed by atoms with van der Waals surface area (Å²) < 4.78 is 4.83. The lowest BCUT2D eigenvalue weighted by atomic mass is 10.2. The maximum atomic E-state index is 11.7. The van der Waals surface area contributed by atoms with Crippen LogP contribution in [0.25, 0.3) is 0 Å². The van der Waals surface area contributed by atoms with Crippen molar-refractivity contribution < 1.29 is 14.6 Å². The third kappa shape index (κ3) is 4.23. The van der Waals surface area contributed by atoms with Crippen LogP contribution in [0.4, 0.5) is 0 Å². The van der Waals surface area contributed by atoms with Gasteiger partial charge in [0.15, 0.2) is 0 Å². The van der Waals surface area contributed by atoms with Gasteiger partial charge in [0.2, 0.25) is 0 Å². The molecule has 90 valence electrons. The molecule has 0 aliphatic rings. The molecule has 1 amide bonds. The second-order valence-electron chi connectivity index (χ2n) is 3.11. The van der Waals surface area contributed by atoms with Crippen LogP contribution in [0.1, 0.15) is 16.1 Å². The Bertz CT molecular complexity index is 435. The molecule has 0 bridgehead atoms. The molecule has 17 heavy (non-hydrogen) atoms. The molecule has 0 radical (unpaired) electrons. The van der Waals surface area contributed by atoms with E-state index < -0.39 is 0 Å². The average Bonchev–Trinajstić information content (AvgIpc) is 2.37. The number of nitrogens with zero attached hydrogens (tertiary/aromatic N) is 1. The molecule has 0 aromatic carbocycles. The minimum absolute atomic E-state index is 0.250. The zero-order valence-corrected chi connectivity index (χ0v) is 9.56. The molecule has 0 atom stereocenters. The van der Waals surface area contributed by atoms with Crippen LogP contribution in [0.15, 0.2) is 18.3 Å².